The van der Waals surface area contributed by atoms with Gasteiger partial charge in [0.05, 0.1) is 44.1 Å². The molecule has 0 amide bonds. The molecule has 0 bridgehead atoms. The van der Waals surface area contributed by atoms with Gasteiger partial charge in [-0.1, -0.05) is 174 Å². The summed E-state index contributed by atoms with van der Waals surface area (Å²) in [6.07, 6.45) is 7.92. The first kappa shape index (κ1) is 55.0. The van der Waals surface area contributed by atoms with Crippen LogP contribution in [0.15, 0.2) is 195 Å². The molecular weight excluding hydrogens is 1070 g/mol. The molecule has 434 valence electrons. The van der Waals surface area contributed by atoms with Gasteiger partial charge in [-0.25, -0.2) is 4.98 Å². The smallest absolute Gasteiger partial charge is 0.165 e. The Hall–Kier alpha value is -9.66. The molecule has 0 saturated carbocycles. The fraction of sp³-hybridized carbons (Fsp3) is 0.225. The molecule has 0 aliphatic carbocycles. The van der Waals surface area contributed by atoms with Gasteiger partial charge in [-0.05, 0) is 148 Å². The molecular formula is C80H74N8. The van der Waals surface area contributed by atoms with Gasteiger partial charge in [0.2, 0.25) is 0 Å². The lowest BCUT2D eigenvalue weighted by Gasteiger charge is -2.28. The molecule has 0 unspecified atom stereocenters. The van der Waals surface area contributed by atoms with Gasteiger partial charge in [0.1, 0.15) is 11.4 Å². The Labute approximate surface area is 514 Å². The van der Waals surface area contributed by atoms with Crippen molar-refractivity contribution in [2.45, 2.75) is 119 Å². The van der Waals surface area contributed by atoms with Crippen molar-refractivity contribution >= 4 is 87.2 Å². The molecule has 15 rings (SSSR count). The van der Waals surface area contributed by atoms with Crippen LogP contribution in [0.25, 0.3) is 132 Å². The standard InChI is InChI=1S/C80H74N8/c1-47-27-32-53(48(2)83-47)54-21-15-16-24-57(54)72-73(85-64-25-19-17-22-55(64)62-45-81-39-37-70(62)85)76(88-68-35-30-51(79(9,10)11)43-60(68)61-44-52(80(12,13)14)31-36-69(61)88)84-75(87-65-26-20-18-23-56(65)63-46-82-40-38-71(63)87)74(72)86-66-33-28-49(77(3,4)5)41-58(66)59-42-50(78(6,7)8)29-34-67(59)86/h15-46H,1-14H3. The first-order valence-corrected chi connectivity index (χ1v) is 31.0. The Bertz CT molecular complexity index is 5150. The fourth-order valence-electron chi connectivity index (χ4n) is 13.9. The molecule has 0 atom stereocenters. The average molecular weight is 1150 g/mol. The van der Waals surface area contributed by atoms with Crippen LogP contribution in [0.2, 0.25) is 0 Å². The first-order chi connectivity index (χ1) is 42.0. The highest BCUT2D eigenvalue weighted by Gasteiger charge is 2.35. The summed E-state index contributed by atoms with van der Waals surface area (Å²) in [7, 11) is 0. The van der Waals surface area contributed by atoms with Crippen molar-refractivity contribution in [1.82, 2.24) is 38.2 Å². The van der Waals surface area contributed by atoms with E-state index < -0.39 is 0 Å². The zero-order valence-electron chi connectivity index (χ0n) is 53.1. The van der Waals surface area contributed by atoms with Crippen molar-refractivity contribution in [3.05, 3.63) is 228 Å². The van der Waals surface area contributed by atoms with Crippen LogP contribution in [0.3, 0.4) is 0 Å². The largest absolute Gasteiger partial charge is 0.305 e. The molecule has 15 aromatic rings. The number of para-hydroxylation sites is 2. The predicted molar refractivity (Wildman–Crippen MR) is 370 cm³/mol. The number of hydrogen-bond donors (Lipinski definition) is 0. The number of aryl methyl sites for hydroxylation is 2. The summed E-state index contributed by atoms with van der Waals surface area (Å²) in [5, 5.41) is 9.01. The first-order valence-electron chi connectivity index (χ1n) is 31.0. The summed E-state index contributed by atoms with van der Waals surface area (Å²) in [4.78, 5) is 21.5. The van der Waals surface area contributed by atoms with Crippen LogP contribution in [0.5, 0.6) is 0 Å². The number of fused-ring (bicyclic) bond motifs is 12. The number of hydrogen-bond acceptors (Lipinski definition) is 4. The van der Waals surface area contributed by atoms with Gasteiger partial charge in [0.15, 0.2) is 11.6 Å². The second-order valence-corrected chi connectivity index (χ2v) is 28.6. The van der Waals surface area contributed by atoms with E-state index in [0.29, 0.717) is 0 Å². The topological polar surface area (TPSA) is 71.3 Å². The lowest BCUT2D eigenvalue weighted by atomic mass is 9.85. The second-order valence-electron chi connectivity index (χ2n) is 28.6. The lowest BCUT2D eigenvalue weighted by Crippen LogP contribution is -2.16. The van der Waals surface area contributed by atoms with E-state index in [4.69, 9.17) is 19.9 Å². The minimum Gasteiger partial charge on any atom is -0.305 e. The zero-order valence-corrected chi connectivity index (χ0v) is 53.1. The van der Waals surface area contributed by atoms with Crippen LogP contribution in [0.1, 0.15) is 117 Å². The van der Waals surface area contributed by atoms with E-state index in [1.165, 1.54) is 43.8 Å². The van der Waals surface area contributed by atoms with E-state index in [0.717, 1.165) is 122 Å². The van der Waals surface area contributed by atoms with E-state index >= 15 is 0 Å². The van der Waals surface area contributed by atoms with E-state index in [-0.39, 0.29) is 21.7 Å². The Morgan fingerprint density at radius 2 is 0.648 bits per heavy atom. The maximum atomic E-state index is 6.61. The lowest BCUT2D eigenvalue weighted by molar-refractivity contribution is 0.590. The van der Waals surface area contributed by atoms with Crippen molar-refractivity contribution in [2.24, 2.45) is 0 Å². The number of aromatic nitrogens is 8. The van der Waals surface area contributed by atoms with E-state index in [1.54, 1.807) is 0 Å². The number of nitrogens with zero attached hydrogens (tertiary/aromatic N) is 8. The van der Waals surface area contributed by atoms with Gasteiger partial charge in [-0.2, -0.15) is 0 Å². The van der Waals surface area contributed by atoms with Gasteiger partial charge in [-0.15, -0.1) is 0 Å². The molecule has 0 aliphatic heterocycles. The molecule has 0 spiro atoms. The minimum atomic E-state index is -0.123. The van der Waals surface area contributed by atoms with Crippen LogP contribution in [0.4, 0.5) is 0 Å². The normalized spacial score (nSPS) is 12.9. The van der Waals surface area contributed by atoms with Crippen molar-refractivity contribution in [3.63, 3.8) is 0 Å². The Kier molecular flexibility index (Phi) is 12.1. The Morgan fingerprint density at radius 3 is 1.07 bits per heavy atom. The van der Waals surface area contributed by atoms with Crippen LogP contribution in [0, 0.1) is 13.8 Å². The molecule has 0 radical (unpaired) electrons. The number of rotatable bonds is 6. The van der Waals surface area contributed by atoms with Crippen LogP contribution in [-0.2, 0) is 21.7 Å². The fourth-order valence-corrected chi connectivity index (χ4v) is 13.9. The molecule has 88 heavy (non-hydrogen) atoms. The van der Waals surface area contributed by atoms with Crippen molar-refractivity contribution in [3.8, 4) is 45.3 Å². The minimum absolute atomic E-state index is 0.117. The van der Waals surface area contributed by atoms with Crippen LogP contribution in [-0.4, -0.2) is 38.2 Å². The average Bonchev–Trinajstić information content (AvgIpc) is 1.32. The van der Waals surface area contributed by atoms with Crippen molar-refractivity contribution in [1.29, 1.82) is 0 Å². The molecule has 7 aromatic carbocycles. The molecule has 8 aromatic heterocycles. The van der Waals surface area contributed by atoms with Gasteiger partial charge < -0.3 is 9.13 Å². The zero-order chi connectivity index (χ0) is 61.1. The van der Waals surface area contributed by atoms with Crippen molar-refractivity contribution < 1.29 is 0 Å². The molecule has 0 N–H and O–H groups in total. The monoisotopic (exact) mass is 1150 g/mol. The van der Waals surface area contributed by atoms with Crippen LogP contribution >= 0.6 is 0 Å². The van der Waals surface area contributed by atoms with Gasteiger partial charge in [0, 0.05) is 90.4 Å². The maximum absolute atomic E-state index is 6.61. The highest BCUT2D eigenvalue weighted by Crippen LogP contribution is 2.52. The van der Waals surface area contributed by atoms with Crippen molar-refractivity contribution in [2.75, 3.05) is 0 Å². The summed E-state index contributed by atoms with van der Waals surface area (Å²) in [5.74, 6) is 1.55. The number of benzene rings is 7. The molecule has 8 nitrogen and oxygen atoms in total. The molecule has 0 saturated heterocycles. The molecule has 0 aliphatic rings. The summed E-state index contributed by atoms with van der Waals surface area (Å²) >= 11 is 0. The molecule has 8 heterocycles. The third-order valence-corrected chi connectivity index (χ3v) is 18.6. The summed E-state index contributed by atoms with van der Waals surface area (Å²) in [5.41, 5.74) is 20.9. The van der Waals surface area contributed by atoms with E-state index in [1.807, 2.05) is 24.8 Å². The van der Waals surface area contributed by atoms with Gasteiger partial charge in [-0.3, -0.25) is 24.1 Å². The molecule has 0 fully saturated rings. The summed E-state index contributed by atoms with van der Waals surface area (Å²) in [6, 6.07) is 64.1. The van der Waals surface area contributed by atoms with Crippen LogP contribution < -0.4 is 0 Å². The third-order valence-electron chi connectivity index (χ3n) is 18.6. The Balaban J connectivity index is 1.29. The highest BCUT2D eigenvalue weighted by molar-refractivity contribution is 6.16. The van der Waals surface area contributed by atoms with E-state index in [9.17, 15) is 0 Å². The van der Waals surface area contributed by atoms with Gasteiger partial charge in [0.25, 0.3) is 0 Å². The summed E-state index contributed by atoms with van der Waals surface area (Å²) in [6.45, 7) is 32.0. The predicted octanol–water partition coefficient (Wildman–Crippen LogP) is 20.8. The summed E-state index contributed by atoms with van der Waals surface area (Å²) < 4.78 is 10.0. The highest BCUT2D eigenvalue weighted by atomic mass is 15.2. The third kappa shape index (κ3) is 8.46. The number of pyridine rings is 4. The quantitative estimate of drug-likeness (QED) is 0.166. The molecule has 8 heteroatoms. The SMILES string of the molecule is Cc1ccc(-c2ccccc2-c2c(-n3c4ccccc4c4cnccc43)c(-n3c4ccc(C(C)(C)C)cc4c4cc(C(C)(C)C)ccc43)nc(-n3c4ccccc4c4cnccc43)c2-n2c3ccc(C(C)(C)C)cc3c3cc(C(C)(C)C)ccc32)c(C)n1. The Morgan fingerprint density at radius 1 is 0.295 bits per heavy atom. The van der Waals surface area contributed by atoms with E-state index in [2.05, 4.69) is 285 Å². The maximum Gasteiger partial charge on any atom is 0.165 e. The van der Waals surface area contributed by atoms with Gasteiger partial charge >= 0.3 is 0 Å². The second kappa shape index (κ2) is 19.4.